The Morgan fingerprint density at radius 1 is 1.53 bits per heavy atom. The predicted molar refractivity (Wildman–Crippen MR) is 67.6 cm³/mol. The summed E-state index contributed by atoms with van der Waals surface area (Å²) < 4.78 is 1.73. The number of nitrogens with zero attached hydrogens (tertiary/aromatic N) is 1. The average molecular weight is 239 g/mol. The lowest BCUT2D eigenvalue weighted by atomic mass is 10.2. The summed E-state index contributed by atoms with van der Waals surface area (Å²) >= 11 is 7.35. The van der Waals surface area contributed by atoms with Gasteiger partial charge in [0.25, 0.3) is 0 Å². The van der Waals surface area contributed by atoms with E-state index >= 15 is 0 Å². The molecule has 0 aliphatic carbocycles. The van der Waals surface area contributed by atoms with Crippen LogP contribution < -0.4 is 5.32 Å². The molecule has 1 aromatic heterocycles. The van der Waals surface area contributed by atoms with Gasteiger partial charge >= 0.3 is 0 Å². The maximum Gasteiger partial charge on any atom is 0.184 e. The number of hydrogen-bond donors (Lipinski definition) is 1. The zero-order chi connectivity index (χ0) is 10.7. The molecule has 1 heterocycles. The molecular weight excluding hydrogens is 228 g/mol. The van der Waals surface area contributed by atoms with E-state index in [9.17, 15) is 0 Å². The fourth-order valence-electron chi connectivity index (χ4n) is 1.33. The Morgan fingerprint density at radius 2 is 2.40 bits per heavy atom. The Balaban J connectivity index is 2.30. The van der Waals surface area contributed by atoms with Gasteiger partial charge in [-0.2, -0.15) is 0 Å². The minimum atomic E-state index is 0.598. The Morgan fingerprint density at radius 3 is 3.20 bits per heavy atom. The predicted octanol–water partition coefficient (Wildman–Crippen LogP) is 3.18. The van der Waals surface area contributed by atoms with E-state index in [4.69, 9.17) is 11.6 Å². The van der Waals surface area contributed by atoms with Crippen molar-refractivity contribution in [2.75, 3.05) is 13.6 Å². The fraction of sp³-hybridized carbons (Fsp3) is 0.182. The highest BCUT2D eigenvalue weighted by Gasteiger charge is 2.00. The number of fused-ring (bicyclic) bond motifs is 1. The maximum absolute atomic E-state index is 5.84. The molecule has 1 aromatic carbocycles. The summed E-state index contributed by atoms with van der Waals surface area (Å²) in [6, 6.07) is 6.15. The largest absolute Gasteiger partial charge is 0.316 e. The zero-order valence-electron chi connectivity index (χ0n) is 8.33. The van der Waals surface area contributed by atoms with E-state index < -0.39 is 0 Å². The third kappa shape index (κ3) is 2.56. The lowest BCUT2D eigenvalue weighted by Crippen LogP contribution is -2.03. The van der Waals surface area contributed by atoms with Gasteiger partial charge in [-0.25, -0.2) is 4.98 Å². The van der Waals surface area contributed by atoms with Gasteiger partial charge in [-0.1, -0.05) is 29.8 Å². The van der Waals surface area contributed by atoms with Crippen LogP contribution >= 0.6 is 22.9 Å². The molecule has 0 atom stereocenters. The standard InChI is InChI=1S/C11H11ClN2S/c1-13-6-2-3-8-4-5-9-10(7-8)15-11(12)14-9/h2-5,7,13H,6H2,1H3. The molecule has 1 N–H and O–H groups in total. The van der Waals surface area contributed by atoms with Crippen molar-refractivity contribution in [2.45, 2.75) is 0 Å². The quantitative estimate of drug-likeness (QED) is 0.889. The molecule has 0 aliphatic rings. The molecule has 2 rings (SSSR count). The first kappa shape index (κ1) is 10.6. The molecule has 0 spiro atoms. The van der Waals surface area contributed by atoms with Crippen LogP contribution in [0.3, 0.4) is 0 Å². The van der Waals surface area contributed by atoms with Crippen LogP contribution in [0.4, 0.5) is 0 Å². The van der Waals surface area contributed by atoms with Gasteiger partial charge in [0.2, 0.25) is 0 Å². The number of nitrogens with one attached hydrogen (secondary N) is 1. The Kier molecular flexibility index (Phi) is 3.36. The van der Waals surface area contributed by atoms with E-state index in [0.29, 0.717) is 4.47 Å². The van der Waals surface area contributed by atoms with Crippen molar-refractivity contribution in [3.63, 3.8) is 0 Å². The van der Waals surface area contributed by atoms with Crippen LogP contribution in [-0.4, -0.2) is 18.6 Å². The van der Waals surface area contributed by atoms with Gasteiger partial charge in [0, 0.05) is 6.54 Å². The molecule has 15 heavy (non-hydrogen) atoms. The summed E-state index contributed by atoms with van der Waals surface area (Å²) in [7, 11) is 1.93. The molecule has 2 nitrogen and oxygen atoms in total. The summed E-state index contributed by atoms with van der Waals surface area (Å²) in [5, 5.41) is 3.06. The van der Waals surface area contributed by atoms with Gasteiger partial charge in [0.1, 0.15) is 0 Å². The van der Waals surface area contributed by atoms with E-state index in [1.807, 2.05) is 19.2 Å². The summed E-state index contributed by atoms with van der Waals surface area (Å²) in [4.78, 5) is 4.20. The van der Waals surface area contributed by atoms with Crippen LogP contribution in [0.15, 0.2) is 24.3 Å². The van der Waals surface area contributed by atoms with Crippen molar-refractivity contribution < 1.29 is 0 Å². The first-order valence-electron chi connectivity index (χ1n) is 4.67. The summed E-state index contributed by atoms with van der Waals surface area (Å²) in [6.07, 6.45) is 4.17. The topological polar surface area (TPSA) is 24.9 Å². The second-order valence-corrected chi connectivity index (χ2v) is 4.77. The van der Waals surface area contributed by atoms with Crippen molar-refractivity contribution in [2.24, 2.45) is 0 Å². The molecule has 0 saturated carbocycles. The van der Waals surface area contributed by atoms with Crippen molar-refractivity contribution in [1.82, 2.24) is 10.3 Å². The van der Waals surface area contributed by atoms with Gasteiger partial charge in [0.15, 0.2) is 4.47 Å². The van der Waals surface area contributed by atoms with Crippen LogP contribution in [0, 0.1) is 0 Å². The average Bonchev–Trinajstić information content (AvgIpc) is 2.57. The molecule has 4 heteroatoms. The number of thiazole rings is 1. The molecule has 78 valence electrons. The van der Waals surface area contributed by atoms with E-state index in [-0.39, 0.29) is 0 Å². The summed E-state index contributed by atoms with van der Waals surface area (Å²) in [6.45, 7) is 0.876. The SMILES string of the molecule is CNCC=Cc1ccc2nc(Cl)sc2c1. The highest BCUT2D eigenvalue weighted by atomic mass is 35.5. The van der Waals surface area contributed by atoms with Crippen LogP contribution in [-0.2, 0) is 0 Å². The minimum absolute atomic E-state index is 0.598. The number of rotatable bonds is 3. The normalized spacial score (nSPS) is 11.6. The number of likely N-dealkylation sites (N-methyl/N-ethyl adjacent to an activating group) is 1. The monoisotopic (exact) mass is 238 g/mol. The Bertz CT molecular complexity index is 490. The molecule has 0 amide bonds. The number of hydrogen-bond acceptors (Lipinski definition) is 3. The van der Waals surface area contributed by atoms with Crippen LogP contribution in [0.5, 0.6) is 0 Å². The van der Waals surface area contributed by atoms with Crippen molar-refractivity contribution in [1.29, 1.82) is 0 Å². The molecule has 2 aromatic rings. The summed E-state index contributed by atoms with van der Waals surface area (Å²) in [5.41, 5.74) is 2.15. The van der Waals surface area contributed by atoms with E-state index in [1.165, 1.54) is 16.9 Å². The molecule has 0 bridgehead atoms. The van der Waals surface area contributed by atoms with E-state index in [0.717, 1.165) is 16.8 Å². The Labute approximate surface area is 97.6 Å². The first-order valence-corrected chi connectivity index (χ1v) is 5.86. The number of halogens is 1. The second-order valence-electron chi connectivity index (χ2n) is 3.15. The van der Waals surface area contributed by atoms with Crippen molar-refractivity contribution >= 4 is 39.2 Å². The Hall–Kier alpha value is -0.900. The highest BCUT2D eigenvalue weighted by Crippen LogP contribution is 2.26. The highest BCUT2D eigenvalue weighted by molar-refractivity contribution is 7.22. The minimum Gasteiger partial charge on any atom is -0.316 e. The van der Waals surface area contributed by atoms with Gasteiger partial charge in [-0.15, -0.1) is 11.3 Å². The third-order valence-electron chi connectivity index (χ3n) is 2.02. The van der Waals surface area contributed by atoms with Gasteiger partial charge in [0.05, 0.1) is 10.2 Å². The van der Waals surface area contributed by atoms with E-state index in [1.54, 1.807) is 0 Å². The molecular formula is C11H11ClN2S. The fourth-order valence-corrected chi connectivity index (χ4v) is 2.41. The third-order valence-corrected chi connectivity index (χ3v) is 3.14. The number of aromatic nitrogens is 1. The molecule has 0 fully saturated rings. The zero-order valence-corrected chi connectivity index (χ0v) is 9.90. The lowest BCUT2D eigenvalue weighted by molar-refractivity contribution is 0.922. The first-order chi connectivity index (χ1) is 7.29. The van der Waals surface area contributed by atoms with Crippen LogP contribution in [0.1, 0.15) is 5.56 Å². The van der Waals surface area contributed by atoms with Crippen LogP contribution in [0.25, 0.3) is 16.3 Å². The van der Waals surface area contributed by atoms with E-state index in [2.05, 4.69) is 28.5 Å². The van der Waals surface area contributed by atoms with Crippen molar-refractivity contribution in [3.8, 4) is 0 Å². The van der Waals surface area contributed by atoms with Gasteiger partial charge in [-0.05, 0) is 24.7 Å². The number of benzene rings is 1. The smallest absolute Gasteiger partial charge is 0.184 e. The lowest BCUT2D eigenvalue weighted by Gasteiger charge is -1.93. The van der Waals surface area contributed by atoms with Gasteiger partial charge in [-0.3, -0.25) is 0 Å². The maximum atomic E-state index is 5.84. The van der Waals surface area contributed by atoms with Gasteiger partial charge < -0.3 is 5.32 Å². The van der Waals surface area contributed by atoms with Crippen LogP contribution in [0.2, 0.25) is 4.47 Å². The molecule has 0 unspecified atom stereocenters. The second kappa shape index (κ2) is 4.75. The molecule has 0 aliphatic heterocycles. The molecule has 0 saturated heterocycles. The van der Waals surface area contributed by atoms with Crippen molar-refractivity contribution in [3.05, 3.63) is 34.3 Å². The summed E-state index contributed by atoms with van der Waals surface area (Å²) in [5.74, 6) is 0. The molecule has 0 radical (unpaired) electrons.